The number of carbonyl (C=O) groups excluding carboxylic acids is 1. The second-order valence-electron chi connectivity index (χ2n) is 3.11. The predicted molar refractivity (Wildman–Crippen MR) is 68.8 cm³/mol. The highest BCUT2D eigenvalue weighted by atomic mass is 79.9. The fourth-order valence-corrected chi connectivity index (χ4v) is 1.61. The minimum atomic E-state index is -0.360. The quantitative estimate of drug-likeness (QED) is 0.769. The Morgan fingerprint density at radius 1 is 1.59 bits per heavy atom. The predicted octanol–water partition coefficient (Wildman–Crippen LogP) is 0.531. The van der Waals surface area contributed by atoms with Gasteiger partial charge in [-0.2, -0.15) is 5.10 Å². The molecule has 0 aliphatic rings. The van der Waals surface area contributed by atoms with Crippen molar-refractivity contribution in [3.8, 4) is 0 Å². The van der Waals surface area contributed by atoms with Crippen LogP contribution in [0.5, 0.6) is 0 Å². The summed E-state index contributed by atoms with van der Waals surface area (Å²) in [7, 11) is 1.55. The van der Waals surface area contributed by atoms with Crippen LogP contribution in [0.4, 0.5) is 0 Å². The summed E-state index contributed by atoms with van der Waals surface area (Å²) in [4.78, 5) is 23.1. The van der Waals surface area contributed by atoms with Gasteiger partial charge < -0.3 is 10.1 Å². The van der Waals surface area contributed by atoms with E-state index in [0.717, 1.165) is 4.68 Å². The maximum Gasteiger partial charge on any atom is 0.282 e. The van der Waals surface area contributed by atoms with Crippen molar-refractivity contribution in [1.82, 2.24) is 15.1 Å². The first-order chi connectivity index (χ1) is 8.06. The summed E-state index contributed by atoms with van der Waals surface area (Å²) in [5.41, 5.74) is -0.360. The molecule has 94 valence electrons. The van der Waals surface area contributed by atoms with Crippen molar-refractivity contribution in [2.75, 3.05) is 20.3 Å². The summed E-state index contributed by atoms with van der Waals surface area (Å²) in [5, 5.41) is 6.44. The Bertz CT molecular complexity index is 461. The molecule has 0 radical (unpaired) electrons. The summed E-state index contributed by atoms with van der Waals surface area (Å²) in [5.74, 6) is -0.286. The Kier molecular flexibility index (Phi) is 5.79. The average Bonchev–Trinajstić information content (AvgIpc) is 2.30. The van der Waals surface area contributed by atoms with Crippen LogP contribution in [-0.4, -0.2) is 35.9 Å². The van der Waals surface area contributed by atoms with Gasteiger partial charge in [0.05, 0.1) is 17.3 Å². The third-order valence-corrected chi connectivity index (χ3v) is 3.76. The zero-order valence-corrected chi connectivity index (χ0v) is 12.2. The number of nitrogens with zero attached hydrogens (tertiary/aromatic N) is 2. The molecule has 8 heteroatoms. The first-order valence-electron chi connectivity index (χ1n) is 4.73. The molecule has 1 rings (SSSR count). The van der Waals surface area contributed by atoms with Gasteiger partial charge in [0.2, 0.25) is 5.91 Å². The molecule has 1 amide bonds. The highest BCUT2D eigenvalue weighted by Crippen LogP contribution is 2.16. The number of hydrogen-bond acceptors (Lipinski definition) is 4. The lowest BCUT2D eigenvalue weighted by Crippen LogP contribution is -2.35. The van der Waals surface area contributed by atoms with Crippen molar-refractivity contribution >= 4 is 37.8 Å². The van der Waals surface area contributed by atoms with Gasteiger partial charge >= 0.3 is 0 Å². The molecular weight excluding hydrogens is 358 g/mol. The smallest absolute Gasteiger partial charge is 0.282 e. The van der Waals surface area contributed by atoms with Gasteiger partial charge in [-0.05, 0) is 31.9 Å². The van der Waals surface area contributed by atoms with Crippen molar-refractivity contribution in [3.63, 3.8) is 0 Å². The molecule has 1 heterocycles. The number of amides is 1. The normalized spacial score (nSPS) is 10.3. The second-order valence-corrected chi connectivity index (χ2v) is 4.76. The van der Waals surface area contributed by atoms with Crippen LogP contribution in [0.3, 0.4) is 0 Å². The van der Waals surface area contributed by atoms with Gasteiger partial charge in [0.1, 0.15) is 11.0 Å². The largest absolute Gasteiger partial charge is 0.383 e. The van der Waals surface area contributed by atoms with E-state index in [0.29, 0.717) is 22.1 Å². The van der Waals surface area contributed by atoms with Crippen molar-refractivity contribution < 1.29 is 9.53 Å². The third-order valence-electron chi connectivity index (χ3n) is 1.86. The fraction of sp³-hybridized carbons (Fsp3) is 0.444. The highest BCUT2D eigenvalue weighted by molar-refractivity contribution is 9.13. The minimum Gasteiger partial charge on any atom is -0.383 e. The Morgan fingerprint density at radius 3 is 2.94 bits per heavy atom. The first-order valence-corrected chi connectivity index (χ1v) is 6.31. The van der Waals surface area contributed by atoms with E-state index in [-0.39, 0.29) is 18.0 Å². The molecule has 0 aromatic carbocycles. The molecule has 0 spiro atoms. The zero-order chi connectivity index (χ0) is 12.8. The van der Waals surface area contributed by atoms with Crippen molar-refractivity contribution in [1.29, 1.82) is 0 Å². The lowest BCUT2D eigenvalue weighted by Gasteiger charge is -2.06. The van der Waals surface area contributed by atoms with E-state index < -0.39 is 0 Å². The molecule has 0 unspecified atom stereocenters. The van der Waals surface area contributed by atoms with Gasteiger partial charge in [-0.25, -0.2) is 4.68 Å². The van der Waals surface area contributed by atoms with Crippen molar-refractivity contribution in [2.45, 2.75) is 6.54 Å². The van der Waals surface area contributed by atoms with Crippen LogP contribution in [0.2, 0.25) is 0 Å². The molecule has 1 aromatic rings. The van der Waals surface area contributed by atoms with Crippen molar-refractivity contribution in [2.24, 2.45) is 0 Å². The summed E-state index contributed by atoms with van der Waals surface area (Å²) in [6.07, 6.45) is 1.45. The van der Waals surface area contributed by atoms with Crippen LogP contribution in [-0.2, 0) is 16.1 Å². The Balaban J connectivity index is 2.66. The van der Waals surface area contributed by atoms with Crippen LogP contribution in [0.15, 0.2) is 19.9 Å². The van der Waals surface area contributed by atoms with E-state index >= 15 is 0 Å². The molecule has 0 fully saturated rings. The molecule has 0 aliphatic heterocycles. The van der Waals surface area contributed by atoms with Gasteiger partial charge in [-0.3, -0.25) is 9.59 Å². The first kappa shape index (κ1) is 14.3. The average molecular weight is 369 g/mol. The number of carbonyl (C=O) groups is 1. The van der Waals surface area contributed by atoms with Crippen LogP contribution >= 0.6 is 31.9 Å². The van der Waals surface area contributed by atoms with E-state index in [1.165, 1.54) is 6.20 Å². The monoisotopic (exact) mass is 367 g/mol. The van der Waals surface area contributed by atoms with Crippen LogP contribution in [0, 0.1) is 0 Å². The second kappa shape index (κ2) is 6.87. The van der Waals surface area contributed by atoms with Crippen molar-refractivity contribution in [3.05, 3.63) is 25.5 Å². The molecule has 1 aromatic heterocycles. The maximum absolute atomic E-state index is 11.7. The minimum absolute atomic E-state index is 0.117. The molecule has 1 N–H and O–H groups in total. The molecule has 0 bridgehead atoms. The highest BCUT2D eigenvalue weighted by Gasteiger charge is 2.09. The molecular formula is C9H11Br2N3O3. The molecule has 0 saturated heterocycles. The fourth-order valence-electron chi connectivity index (χ4n) is 1.04. The van der Waals surface area contributed by atoms with Crippen LogP contribution < -0.4 is 10.9 Å². The molecule has 0 aliphatic carbocycles. The number of methoxy groups -OCH3 is 1. The van der Waals surface area contributed by atoms with E-state index in [1.54, 1.807) is 7.11 Å². The third kappa shape index (κ3) is 4.21. The van der Waals surface area contributed by atoms with Gasteiger partial charge in [-0.1, -0.05) is 0 Å². The lowest BCUT2D eigenvalue weighted by atomic mass is 10.5. The van der Waals surface area contributed by atoms with E-state index in [4.69, 9.17) is 4.74 Å². The van der Waals surface area contributed by atoms with Gasteiger partial charge in [-0.15, -0.1) is 0 Å². The number of aromatic nitrogens is 2. The van der Waals surface area contributed by atoms with Gasteiger partial charge in [0.25, 0.3) is 5.56 Å². The summed E-state index contributed by atoms with van der Waals surface area (Å²) in [6.45, 7) is 0.717. The summed E-state index contributed by atoms with van der Waals surface area (Å²) in [6, 6.07) is 0. The summed E-state index contributed by atoms with van der Waals surface area (Å²) >= 11 is 6.27. The summed E-state index contributed by atoms with van der Waals surface area (Å²) < 4.78 is 6.77. The van der Waals surface area contributed by atoms with E-state index in [2.05, 4.69) is 42.3 Å². The molecule has 0 atom stereocenters. The zero-order valence-electron chi connectivity index (χ0n) is 9.07. The van der Waals surface area contributed by atoms with Gasteiger partial charge in [0, 0.05) is 13.7 Å². The van der Waals surface area contributed by atoms with Gasteiger partial charge in [0.15, 0.2) is 0 Å². The number of halogens is 2. The number of nitrogens with one attached hydrogen (secondary N) is 1. The number of rotatable bonds is 5. The van der Waals surface area contributed by atoms with E-state index in [1.807, 2.05) is 0 Å². The Hall–Kier alpha value is -0.730. The number of ether oxygens (including phenoxy) is 1. The van der Waals surface area contributed by atoms with E-state index in [9.17, 15) is 9.59 Å². The molecule has 6 nitrogen and oxygen atoms in total. The SMILES string of the molecule is COCCNC(=O)Cn1ncc(Br)c(Br)c1=O. The topological polar surface area (TPSA) is 73.2 Å². The maximum atomic E-state index is 11.7. The lowest BCUT2D eigenvalue weighted by molar-refractivity contribution is -0.122. The van der Waals surface area contributed by atoms with Crippen LogP contribution in [0.25, 0.3) is 0 Å². The molecule has 17 heavy (non-hydrogen) atoms. The Morgan fingerprint density at radius 2 is 2.29 bits per heavy atom. The number of hydrogen-bond donors (Lipinski definition) is 1. The standard InChI is InChI=1S/C9H11Br2N3O3/c1-17-3-2-12-7(15)5-14-9(16)8(11)6(10)4-13-14/h4H,2-3,5H2,1H3,(H,12,15). The molecule has 0 saturated carbocycles. The Labute approximate surface area is 115 Å². The van der Waals surface area contributed by atoms with Crippen LogP contribution in [0.1, 0.15) is 0 Å².